The molecule has 0 atom stereocenters. The fraction of sp³-hybridized carbons (Fsp3) is 0.182. The summed E-state index contributed by atoms with van der Waals surface area (Å²) in [6, 6.07) is 4.25. The van der Waals surface area contributed by atoms with Gasteiger partial charge in [-0.05, 0) is 12.1 Å². The van der Waals surface area contributed by atoms with Crippen molar-refractivity contribution >= 4 is 17.7 Å². The number of methoxy groups -OCH3 is 1. The van der Waals surface area contributed by atoms with Crippen molar-refractivity contribution in [3.63, 3.8) is 0 Å². The minimum absolute atomic E-state index is 0.176. The van der Waals surface area contributed by atoms with Gasteiger partial charge in [-0.25, -0.2) is 4.39 Å². The molecular formula is C11H10FN3O3S. The first-order chi connectivity index (χ1) is 9.11. The number of ether oxygens (including phenoxy) is 1. The van der Waals surface area contributed by atoms with Crippen LogP contribution < -0.4 is 4.74 Å². The number of carbonyl (C=O) groups is 1. The Hall–Kier alpha value is -2.09. The number of thioether (sulfide) groups is 1. The summed E-state index contributed by atoms with van der Waals surface area (Å²) >= 11 is 0.961. The number of aliphatic carboxylic acids is 1. The van der Waals surface area contributed by atoms with E-state index < -0.39 is 11.8 Å². The van der Waals surface area contributed by atoms with Crippen LogP contribution in [0.5, 0.6) is 5.75 Å². The van der Waals surface area contributed by atoms with Crippen LogP contribution in [-0.2, 0) is 4.79 Å². The first kappa shape index (κ1) is 13.3. The fourth-order valence-corrected chi connectivity index (χ4v) is 2.06. The summed E-state index contributed by atoms with van der Waals surface area (Å²) in [5.74, 6) is -1.15. The molecule has 8 heteroatoms. The van der Waals surface area contributed by atoms with Gasteiger partial charge in [0, 0.05) is 6.07 Å². The van der Waals surface area contributed by atoms with E-state index in [1.54, 1.807) is 0 Å². The molecule has 19 heavy (non-hydrogen) atoms. The molecule has 1 aromatic heterocycles. The normalized spacial score (nSPS) is 10.4. The lowest BCUT2D eigenvalue weighted by Crippen LogP contribution is -2.03. The molecule has 0 radical (unpaired) electrons. The average Bonchev–Trinajstić information content (AvgIpc) is 2.85. The summed E-state index contributed by atoms with van der Waals surface area (Å²) in [5.41, 5.74) is 0.206. The maximum absolute atomic E-state index is 13.8. The smallest absolute Gasteiger partial charge is 0.313 e. The molecule has 0 aliphatic heterocycles. The van der Waals surface area contributed by atoms with Crippen LogP contribution in [0, 0.1) is 5.82 Å². The number of carboxylic acids is 1. The lowest BCUT2D eigenvalue weighted by atomic mass is 10.3. The summed E-state index contributed by atoms with van der Waals surface area (Å²) in [6.45, 7) is 0. The predicted molar refractivity (Wildman–Crippen MR) is 66.2 cm³/mol. The van der Waals surface area contributed by atoms with Gasteiger partial charge in [-0.2, -0.15) is 0 Å². The maximum atomic E-state index is 13.8. The molecule has 0 bridgehead atoms. The van der Waals surface area contributed by atoms with E-state index in [4.69, 9.17) is 9.84 Å². The van der Waals surface area contributed by atoms with Gasteiger partial charge >= 0.3 is 5.97 Å². The molecule has 0 amide bonds. The molecule has 1 N–H and O–H groups in total. The number of benzene rings is 1. The van der Waals surface area contributed by atoms with E-state index in [1.807, 2.05) is 0 Å². The van der Waals surface area contributed by atoms with Crippen LogP contribution in [0.15, 0.2) is 29.7 Å². The number of aromatic nitrogens is 3. The molecule has 1 heterocycles. The van der Waals surface area contributed by atoms with Crippen LogP contribution in [0.1, 0.15) is 0 Å². The average molecular weight is 283 g/mol. The van der Waals surface area contributed by atoms with E-state index in [2.05, 4.69) is 10.2 Å². The number of nitrogens with zero attached hydrogens (tertiary/aromatic N) is 3. The molecule has 0 fully saturated rings. The molecule has 0 saturated carbocycles. The quantitative estimate of drug-likeness (QED) is 0.840. The topological polar surface area (TPSA) is 77.2 Å². The van der Waals surface area contributed by atoms with E-state index in [0.717, 1.165) is 11.8 Å². The van der Waals surface area contributed by atoms with Crippen molar-refractivity contribution < 1.29 is 19.0 Å². The minimum Gasteiger partial charge on any atom is -0.497 e. The van der Waals surface area contributed by atoms with Crippen LogP contribution in [0.2, 0.25) is 0 Å². The van der Waals surface area contributed by atoms with Crippen molar-refractivity contribution in [2.24, 2.45) is 0 Å². The zero-order chi connectivity index (χ0) is 13.8. The Morgan fingerprint density at radius 1 is 1.58 bits per heavy atom. The number of carboxylic acid groups (broad SMARTS) is 1. The highest BCUT2D eigenvalue weighted by molar-refractivity contribution is 7.99. The van der Waals surface area contributed by atoms with Gasteiger partial charge in [0.25, 0.3) is 0 Å². The van der Waals surface area contributed by atoms with Gasteiger partial charge in [0.05, 0.1) is 18.6 Å². The van der Waals surface area contributed by atoms with Crippen molar-refractivity contribution in [1.82, 2.24) is 14.8 Å². The highest BCUT2D eigenvalue weighted by atomic mass is 32.2. The first-order valence-corrected chi connectivity index (χ1v) is 6.19. The molecule has 6 nitrogen and oxygen atoms in total. The molecule has 0 aliphatic carbocycles. The molecule has 2 aromatic rings. The monoisotopic (exact) mass is 283 g/mol. The summed E-state index contributed by atoms with van der Waals surface area (Å²) in [5, 5.41) is 16.4. The lowest BCUT2D eigenvalue weighted by Gasteiger charge is -2.08. The van der Waals surface area contributed by atoms with Gasteiger partial charge in [-0.3, -0.25) is 9.36 Å². The first-order valence-electron chi connectivity index (χ1n) is 5.20. The number of halogens is 1. The second-order valence-electron chi connectivity index (χ2n) is 3.48. The molecule has 2 rings (SSSR count). The number of rotatable bonds is 5. The van der Waals surface area contributed by atoms with Crippen molar-refractivity contribution in [2.75, 3.05) is 12.9 Å². The molecule has 0 unspecified atom stereocenters. The molecule has 0 saturated heterocycles. The Bertz CT molecular complexity index is 603. The van der Waals surface area contributed by atoms with Crippen molar-refractivity contribution in [1.29, 1.82) is 0 Å². The SMILES string of the molecule is COc1ccc(F)c(-n2cnnc2SCC(=O)O)c1. The standard InChI is InChI=1S/C11H10FN3O3S/c1-18-7-2-3-8(12)9(4-7)15-6-13-14-11(15)19-5-10(16)17/h2-4,6H,5H2,1H3,(H,16,17). The van der Waals surface area contributed by atoms with E-state index in [9.17, 15) is 9.18 Å². The molecule has 0 aliphatic rings. The Morgan fingerprint density at radius 3 is 3.05 bits per heavy atom. The lowest BCUT2D eigenvalue weighted by molar-refractivity contribution is -0.133. The Labute approximate surface area is 112 Å². The maximum Gasteiger partial charge on any atom is 0.313 e. The minimum atomic E-state index is -0.981. The highest BCUT2D eigenvalue weighted by Gasteiger charge is 2.13. The molecule has 1 aromatic carbocycles. The van der Waals surface area contributed by atoms with Crippen LogP contribution in [0.25, 0.3) is 5.69 Å². The molecule has 0 spiro atoms. The summed E-state index contributed by atoms with van der Waals surface area (Å²) in [4.78, 5) is 10.5. The van der Waals surface area contributed by atoms with E-state index in [1.165, 1.54) is 36.2 Å². The summed E-state index contributed by atoms with van der Waals surface area (Å²) < 4.78 is 20.2. The number of hydrogen-bond acceptors (Lipinski definition) is 5. The van der Waals surface area contributed by atoms with Crippen LogP contribution in [0.3, 0.4) is 0 Å². The van der Waals surface area contributed by atoms with Crippen LogP contribution >= 0.6 is 11.8 Å². The van der Waals surface area contributed by atoms with E-state index in [-0.39, 0.29) is 11.4 Å². The Kier molecular flexibility index (Phi) is 4.00. The predicted octanol–water partition coefficient (Wildman–Crippen LogP) is 1.59. The van der Waals surface area contributed by atoms with Crippen molar-refractivity contribution in [3.05, 3.63) is 30.3 Å². The third kappa shape index (κ3) is 3.02. The van der Waals surface area contributed by atoms with Gasteiger partial charge in [-0.15, -0.1) is 10.2 Å². The van der Waals surface area contributed by atoms with Gasteiger partial charge in [0.1, 0.15) is 17.9 Å². The highest BCUT2D eigenvalue weighted by Crippen LogP contribution is 2.24. The van der Waals surface area contributed by atoms with Crippen molar-refractivity contribution in [2.45, 2.75) is 5.16 Å². The third-order valence-electron chi connectivity index (χ3n) is 2.25. The molecule has 100 valence electrons. The van der Waals surface area contributed by atoms with Gasteiger partial charge in [0.2, 0.25) is 0 Å². The van der Waals surface area contributed by atoms with Crippen LogP contribution in [-0.4, -0.2) is 38.7 Å². The zero-order valence-corrected chi connectivity index (χ0v) is 10.7. The zero-order valence-electron chi connectivity index (χ0n) is 9.91. The van der Waals surface area contributed by atoms with E-state index in [0.29, 0.717) is 10.9 Å². The van der Waals surface area contributed by atoms with Gasteiger partial charge < -0.3 is 9.84 Å². The molecular weight excluding hydrogens is 273 g/mol. The summed E-state index contributed by atoms with van der Waals surface area (Å²) in [7, 11) is 1.48. The number of hydrogen-bond donors (Lipinski definition) is 1. The fourth-order valence-electron chi connectivity index (χ4n) is 1.42. The Balaban J connectivity index is 2.36. The van der Waals surface area contributed by atoms with E-state index >= 15 is 0 Å². The second kappa shape index (κ2) is 5.70. The second-order valence-corrected chi connectivity index (χ2v) is 4.43. The largest absolute Gasteiger partial charge is 0.497 e. The Morgan fingerprint density at radius 2 is 2.37 bits per heavy atom. The van der Waals surface area contributed by atoms with Gasteiger partial charge in [0.15, 0.2) is 5.16 Å². The van der Waals surface area contributed by atoms with Gasteiger partial charge in [-0.1, -0.05) is 11.8 Å². The third-order valence-corrected chi connectivity index (χ3v) is 3.18. The van der Waals surface area contributed by atoms with Crippen LogP contribution in [0.4, 0.5) is 4.39 Å². The summed E-state index contributed by atoms with van der Waals surface area (Å²) in [6.07, 6.45) is 1.32. The van der Waals surface area contributed by atoms with Crippen molar-refractivity contribution in [3.8, 4) is 11.4 Å².